The molecule has 1 heterocycles. The van der Waals surface area contributed by atoms with Gasteiger partial charge in [-0.3, -0.25) is 0 Å². The van der Waals surface area contributed by atoms with Gasteiger partial charge in [0.2, 0.25) is 0 Å². The minimum Gasteiger partial charge on any atom is -0.381 e. The van der Waals surface area contributed by atoms with Crippen LogP contribution in [0.1, 0.15) is 13.8 Å². The minimum atomic E-state index is 0.551. The molecule has 1 aromatic carbocycles. The van der Waals surface area contributed by atoms with E-state index in [-0.39, 0.29) is 0 Å². The SMILES string of the molecule is CC(C)C1CNc2ccccc2N1. The Kier molecular flexibility index (Phi) is 2.13. The van der Waals surface area contributed by atoms with E-state index in [1.165, 1.54) is 11.4 Å². The van der Waals surface area contributed by atoms with Gasteiger partial charge >= 0.3 is 0 Å². The van der Waals surface area contributed by atoms with Crippen LogP contribution in [0.2, 0.25) is 0 Å². The molecule has 2 heteroatoms. The number of hydrogen-bond acceptors (Lipinski definition) is 2. The van der Waals surface area contributed by atoms with Gasteiger partial charge in [0.1, 0.15) is 0 Å². The first-order chi connectivity index (χ1) is 6.27. The second-order valence-corrected chi connectivity index (χ2v) is 3.92. The van der Waals surface area contributed by atoms with E-state index in [2.05, 4.69) is 48.7 Å². The van der Waals surface area contributed by atoms with Crippen molar-refractivity contribution in [2.45, 2.75) is 19.9 Å². The molecule has 0 saturated carbocycles. The summed E-state index contributed by atoms with van der Waals surface area (Å²) >= 11 is 0. The van der Waals surface area contributed by atoms with Crippen molar-refractivity contribution in [1.29, 1.82) is 0 Å². The zero-order valence-electron chi connectivity index (χ0n) is 8.17. The summed E-state index contributed by atoms with van der Waals surface area (Å²) < 4.78 is 0. The Labute approximate surface area is 79.4 Å². The fourth-order valence-electron chi connectivity index (χ4n) is 1.64. The van der Waals surface area contributed by atoms with Gasteiger partial charge in [0.05, 0.1) is 11.4 Å². The quantitative estimate of drug-likeness (QED) is 0.687. The number of hydrogen-bond donors (Lipinski definition) is 2. The summed E-state index contributed by atoms with van der Waals surface area (Å²) in [7, 11) is 0. The molecule has 2 nitrogen and oxygen atoms in total. The molecule has 0 bridgehead atoms. The van der Waals surface area contributed by atoms with Crippen molar-refractivity contribution < 1.29 is 0 Å². The summed E-state index contributed by atoms with van der Waals surface area (Å²) in [5, 5.41) is 6.97. The fourth-order valence-corrected chi connectivity index (χ4v) is 1.64. The third-order valence-corrected chi connectivity index (χ3v) is 2.59. The Bertz CT molecular complexity index is 294. The van der Waals surface area contributed by atoms with Crippen molar-refractivity contribution in [3.05, 3.63) is 24.3 Å². The molecule has 0 spiro atoms. The highest BCUT2D eigenvalue weighted by molar-refractivity contribution is 5.71. The van der Waals surface area contributed by atoms with Gasteiger partial charge in [0.25, 0.3) is 0 Å². The summed E-state index contributed by atoms with van der Waals surface area (Å²) in [5.74, 6) is 0.667. The second-order valence-electron chi connectivity index (χ2n) is 3.92. The van der Waals surface area contributed by atoms with E-state index in [1.54, 1.807) is 0 Å². The Hall–Kier alpha value is -1.18. The van der Waals surface area contributed by atoms with Crippen LogP contribution in [0.15, 0.2) is 24.3 Å². The molecule has 0 aromatic heterocycles. The van der Waals surface area contributed by atoms with Crippen LogP contribution in [-0.4, -0.2) is 12.6 Å². The van der Waals surface area contributed by atoms with Crippen molar-refractivity contribution in [3.63, 3.8) is 0 Å². The van der Waals surface area contributed by atoms with Gasteiger partial charge in [-0.05, 0) is 18.1 Å². The zero-order chi connectivity index (χ0) is 9.26. The standard InChI is InChI=1S/C11H16N2/c1-8(2)11-7-12-9-5-3-4-6-10(9)13-11/h3-6,8,11-13H,7H2,1-2H3. The molecule has 1 aliphatic rings. The van der Waals surface area contributed by atoms with Crippen LogP contribution in [0.25, 0.3) is 0 Å². The van der Waals surface area contributed by atoms with Crippen LogP contribution in [0.5, 0.6) is 0 Å². The smallest absolute Gasteiger partial charge is 0.0578 e. The molecule has 70 valence electrons. The number of anilines is 2. The van der Waals surface area contributed by atoms with E-state index in [9.17, 15) is 0 Å². The Balaban J connectivity index is 2.20. The lowest BCUT2D eigenvalue weighted by Crippen LogP contribution is -2.36. The molecular formula is C11H16N2. The zero-order valence-corrected chi connectivity index (χ0v) is 8.17. The second kappa shape index (κ2) is 3.29. The molecule has 0 radical (unpaired) electrons. The highest BCUT2D eigenvalue weighted by Crippen LogP contribution is 2.26. The molecule has 1 atom stereocenters. The first-order valence-corrected chi connectivity index (χ1v) is 4.87. The Morgan fingerprint density at radius 1 is 1.23 bits per heavy atom. The molecule has 1 aliphatic heterocycles. The Morgan fingerprint density at radius 2 is 1.92 bits per heavy atom. The maximum absolute atomic E-state index is 3.53. The Morgan fingerprint density at radius 3 is 2.62 bits per heavy atom. The van der Waals surface area contributed by atoms with Gasteiger partial charge in [-0.2, -0.15) is 0 Å². The molecular weight excluding hydrogens is 160 g/mol. The monoisotopic (exact) mass is 176 g/mol. The lowest BCUT2D eigenvalue weighted by molar-refractivity contribution is 0.536. The van der Waals surface area contributed by atoms with Crippen LogP contribution in [0.4, 0.5) is 11.4 Å². The van der Waals surface area contributed by atoms with Crippen molar-refractivity contribution in [1.82, 2.24) is 0 Å². The average Bonchev–Trinajstić information content (AvgIpc) is 2.17. The molecule has 0 aliphatic carbocycles. The van der Waals surface area contributed by atoms with E-state index in [1.807, 2.05) is 0 Å². The number of fused-ring (bicyclic) bond motifs is 1. The van der Waals surface area contributed by atoms with Crippen LogP contribution in [0, 0.1) is 5.92 Å². The summed E-state index contributed by atoms with van der Waals surface area (Å²) in [6.45, 7) is 5.51. The first-order valence-electron chi connectivity index (χ1n) is 4.87. The number of rotatable bonds is 1. The van der Waals surface area contributed by atoms with E-state index in [0.29, 0.717) is 12.0 Å². The molecule has 2 rings (SSSR count). The lowest BCUT2D eigenvalue weighted by Gasteiger charge is -2.30. The minimum absolute atomic E-state index is 0.551. The summed E-state index contributed by atoms with van der Waals surface area (Å²) in [5.41, 5.74) is 2.45. The molecule has 1 aromatic rings. The summed E-state index contributed by atoms with van der Waals surface area (Å²) in [4.78, 5) is 0. The highest BCUT2D eigenvalue weighted by atomic mass is 15.1. The van der Waals surface area contributed by atoms with Crippen LogP contribution in [0.3, 0.4) is 0 Å². The average molecular weight is 176 g/mol. The maximum Gasteiger partial charge on any atom is 0.0578 e. The maximum atomic E-state index is 3.53. The number of para-hydroxylation sites is 2. The van der Waals surface area contributed by atoms with E-state index in [4.69, 9.17) is 0 Å². The topological polar surface area (TPSA) is 24.1 Å². The van der Waals surface area contributed by atoms with Gasteiger partial charge in [-0.1, -0.05) is 26.0 Å². The largest absolute Gasteiger partial charge is 0.381 e. The van der Waals surface area contributed by atoms with E-state index in [0.717, 1.165) is 6.54 Å². The third-order valence-electron chi connectivity index (χ3n) is 2.59. The number of nitrogens with one attached hydrogen (secondary N) is 2. The van der Waals surface area contributed by atoms with Crippen LogP contribution >= 0.6 is 0 Å². The molecule has 0 saturated heterocycles. The summed E-state index contributed by atoms with van der Waals surface area (Å²) in [6.07, 6.45) is 0. The van der Waals surface area contributed by atoms with Crippen LogP contribution < -0.4 is 10.6 Å². The predicted octanol–water partition coefficient (Wildman–Crippen LogP) is 2.55. The van der Waals surface area contributed by atoms with Gasteiger partial charge in [-0.25, -0.2) is 0 Å². The van der Waals surface area contributed by atoms with Crippen molar-refractivity contribution >= 4 is 11.4 Å². The van der Waals surface area contributed by atoms with Crippen LogP contribution in [-0.2, 0) is 0 Å². The van der Waals surface area contributed by atoms with E-state index < -0.39 is 0 Å². The normalized spacial score (nSPS) is 20.4. The van der Waals surface area contributed by atoms with Gasteiger partial charge in [0.15, 0.2) is 0 Å². The van der Waals surface area contributed by atoms with Gasteiger partial charge in [0, 0.05) is 12.6 Å². The van der Waals surface area contributed by atoms with Crippen molar-refractivity contribution in [3.8, 4) is 0 Å². The molecule has 2 N–H and O–H groups in total. The molecule has 13 heavy (non-hydrogen) atoms. The fraction of sp³-hybridized carbons (Fsp3) is 0.455. The molecule has 1 unspecified atom stereocenters. The first kappa shape index (κ1) is 8.42. The van der Waals surface area contributed by atoms with Crippen molar-refractivity contribution in [2.24, 2.45) is 5.92 Å². The van der Waals surface area contributed by atoms with Gasteiger partial charge < -0.3 is 10.6 Å². The van der Waals surface area contributed by atoms with Crippen molar-refractivity contribution in [2.75, 3.05) is 17.2 Å². The lowest BCUT2D eigenvalue weighted by atomic mass is 10.0. The number of benzene rings is 1. The van der Waals surface area contributed by atoms with Gasteiger partial charge in [-0.15, -0.1) is 0 Å². The summed E-state index contributed by atoms with van der Waals surface area (Å²) in [6, 6.07) is 8.91. The molecule has 0 amide bonds. The molecule has 0 fully saturated rings. The van der Waals surface area contributed by atoms with E-state index >= 15 is 0 Å². The highest BCUT2D eigenvalue weighted by Gasteiger charge is 2.18. The predicted molar refractivity (Wildman–Crippen MR) is 57.2 cm³/mol. The third kappa shape index (κ3) is 1.62.